The molecule has 150 valence electrons. The van der Waals surface area contributed by atoms with E-state index in [-0.39, 0.29) is 6.03 Å². The van der Waals surface area contributed by atoms with Gasteiger partial charge >= 0.3 is 6.03 Å². The lowest BCUT2D eigenvalue weighted by molar-refractivity contribution is 0.251. The van der Waals surface area contributed by atoms with E-state index in [1.165, 1.54) is 12.8 Å². The molecule has 2 N–H and O–H groups in total. The number of carbonyl (C=O) groups is 1. The summed E-state index contributed by atoms with van der Waals surface area (Å²) in [5.74, 6) is 0. The Balaban J connectivity index is 1.47. The van der Waals surface area contributed by atoms with E-state index < -0.39 is 0 Å². The van der Waals surface area contributed by atoms with Crippen LogP contribution in [0.3, 0.4) is 0 Å². The molecule has 6 nitrogen and oxygen atoms in total. The second-order valence-electron chi connectivity index (χ2n) is 7.82. The Kier molecular flexibility index (Phi) is 5.60. The third-order valence-electron chi connectivity index (χ3n) is 5.34. The molecule has 1 fully saturated rings. The molecule has 4 rings (SSSR count). The number of benzene rings is 1. The fraction of sp³-hybridized carbons (Fsp3) is 0.348. The number of aryl methyl sites for hydroxylation is 2. The number of anilines is 1. The van der Waals surface area contributed by atoms with Crippen molar-refractivity contribution in [3.8, 4) is 11.3 Å². The Morgan fingerprint density at radius 1 is 1.07 bits per heavy atom. The molecule has 1 aromatic carbocycles. The van der Waals surface area contributed by atoms with E-state index in [9.17, 15) is 4.79 Å². The Labute approximate surface area is 171 Å². The molecule has 2 heterocycles. The van der Waals surface area contributed by atoms with E-state index in [1.807, 2.05) is 38.1 Å². The summed E-state index contributed by atoms with van der Waals surface area (Å²) in [7, 11) is 0. The molecule has 0 bridgehead atoms. The van der Waals surface area contributed by atoms with Gasteiger partial charge in [-0.25, -0.2) is 4.79 Å². The Morgan fingerprint density at radius 3 is 2.45 bits per heavy atom. The van der Waals surface area contributed by atoms with Crippen LogP contribution in [0.2, 0.25) is 0 Å². The van der Waals surface area contributed by atoms with E-state index in [4.69, 9.17) is 5.10 Å². The van der Waals surface area contributed by atoms with Crippen LogP contribution in [0.25, 0.3) is 11.3 Å². The number of hydrogen-bond donors (Lipinski definition) is 2. The predicted molar refractivity (Wildman–Crippen MR) is 115 cm³/mol. The minimum Gasteiger partial charge on any atom is -0.332 e. The number of urea groups is 1. The molecular formula is C23H27N5O. The fourth-order valence-electron chi connectivity index (χ4n) is 4.09. The first-order valence-corrected chi connectivity index (χ1v) is 10.2. The molecule has 29 heavy (non-hydrogen) atoms. The second-order valence-corrected chi connectivity index (χ2v) is 7.82. The lowest BCUT2D eigenvalue weighted by atomic mass is 10.1. The fourth-order valence-corrected chi connectivity index (χ4v) is 4.09. The highest BCUT2D eigenvalue weighted by atomic mass is 16.2. The summed E-state index contributed by atoms with van der Waals surface area (Å²) in [6.45, 7) is 4.42. The summed E-state index contributed by atoms with van der Waals surface area (Å²) in [6, 6.07) is 12.3. The van der Waals surface area contributed by atoms with Gasteiger partial charge in [0, 0.05) is 23.6 Å². The van der Waals surface area contributed by atoms with E-state index in [0.29, 0.717) is 12.6 Å². The number of aromatic nitrogens is 3. The van der Waals surface area contributed by atoms with E-state index in [0.717, 1.165) is 46.6 Å². The van der Waals surface area contributed by atoms with Crippen molar-refractivity contribution in [3.63, 3.8) is 0 Å². The quantitative estimate of drug-likeness (QED) is 0.645. The maximum atomic E-state index is 12.4. The smallest absolute Gasteiger partial charge is 0.319 e. The van der Waals surface area contributed by atoms with Gasteiger partial charge in [-0.05, 0) is 68.1 Å². The van der Waals surface area contributed by atoms with Crippen LogP contribution in [-0.2, 0) is 6.54 Å². The number of amides is 2. The monoisotopic (exact) mass is 389 g/mol. The number of pyridine rings is 1. The van der Waals surface area contributed by atoms with E-state index in [1.54, 1.807) is 12.4 Å². The summed E-state index contributed by atoms with van der Waals surface area (Å²) in [5, 5.41) is 10.7. The summed E-state index contributed by atoms with van der Waals surface area (Å²) in [5.41, 5.74) is 6.10. The van der Waals surface area contributed by atoms with E-state index >= 15 is 0 Å². The Hall–Kier alpha value is -3.15. The van der Waals surface area contributed by atoms with Gasteiger partial charge in [0.1, 0.15) is 0 Å². The van der Waals surface area contributed by atoms with Gasteiger partial charge in [-0.2, -0.15) is 5.10 Å². The van der Waals surface area contributed by atoms with Crippen molar-refractivity contribution in [1.82, 2.24) is 20.1 Å². The number of rotatable bonds is 5. The van der Waals surface area contributed by atoms with Crippen LogP contribution in [0.5, 0.6) is 0 Å². The van der Waals surface area contributed by atoms with Crippen LogP contribution >= 0.6 is 0 Å². The second kappa shape index (κ2) is 8.47. The van der Waals surface area contributed by atoms with Gasteiger partial charge in [-0.1, -0.05) is 18.9 Å². The zero-order chi connectivity index (χ0) is 20.2. The predicted octanol–water partition coefficient (Wildman–Crippen LogP) is 5.00. The standard InChI is InChI=1S/C23H27N5O/c1-16-11-17(2)13-19(12-16)26-23(29)25-15-20-14-22(18-7-9-24-10-8-18)28(27-20)21-5-3-4-6-21/h7-14,21H,3-6,15H2,1-2H3,(H2,25,26,29). The normalized spacial score (nSPS) is 14.1. The third-order valence-corrected chi connectivity index (χ3v) is 5.34. The van der Waals surface area contributed by atoms with Crippen LogP contribution in [0.4, 0.5) is 10.5 Å². The molecular weight excluding hydrogens is 362 g/mol. The maximum absolute atomic E-state index is 12.4. The molecule has 0 aliphatic heterocycles. The van der Waals surface area contributed by atoms with Gasteiger partial charge in [0.2, 0.25) is 0 Å². The van der Waals surface area contributed by atoms with Crippen LogP contribution in [0, 0.1) is 13.8 Å². The van der Waals surface area contributed by atoms with Crippen molar-refractivity contribution in [2.24, 2.45) is 0 Å². The third kappa shape index (κ3) is 4.65. The molecule has 0 spiro atoms. The average Bonchev–Trinajstić information content (AvgIpc) is 3.36. The number of nitrogens with zero attached hydrogens (tertiary/aromatic N) is 3. The zero-order valence-corrected chi connectivity index (χ0v) is 17.0. The van der Waals surface area contributed by atoms with Gasteiger partial charge in [-0.3, -0.25) is 9.67 Å². The van der Waals surface area contributed by atoms with Gasteiger partial charge < -0.3 is 10.6 Å². The molecule has 2 amide bonds. The first-order valence-electron chi connectivity index (χ1n) is 10.2. The molecule has 1 aliphatic carbocycles. The molecule has 0 unspecified atom stereocenters. The highest BCUT2D eigenvalue weighted by Gasteiger charge is 2.22. The van der Waals surface area contributed by atoms with Crippen molar-refractivity contribution in [3.05, 3.63) is 65.6 Å². The lowest BCUT2D eigenvalue weighted by Gasteiger charge is -2.14. The average molecular weight is 390 g/mol. The summed E-state index contributed by atoms with van der Waals surface area (Å²) >= 11 is 0. The Morgan fingerprint density at radius 2 is 1.76 bits per heavy atom. The molecule has 6 heteroatoms. The van der Waals surface area contributed by atoms with E-state index in [2.05, 4.69) is 32.4 Å². The molecule has 2 aromatic heterocycles. The van der Waals surface area contributed by atoms with Gasteiger partial charge in [0.05, 0.1) is 24.0 Å². The zero-order valence-electron chi connectivity index (χ0n) is 17.0. The van der Waals surface area contributed by atoms with Crippen LogP contribution in [0.15, 0.2) is 48.8 Å². The Bertz CT molecular complexity index is 970. The minimum absolute atomic E-state index is 0.226. The maximum Gasteiger partial charge on any atom is 0.319 e. The van der Waals surface area contributed by atoms with Gasteiger partial charge in [-0.15, -0.1) is 0 Å². The van der Waals surface area contributed by atoms with Crippen molar-refractivity contribution in [2.75, 3.05) is 5.32 Å². The highest BCUT2D eigenvalue weighted by molar-refractivity contribution is 5.89. The number of hydrogen-bond acceptors (Lipinski definition) is 3. The van der Waals surface area contributed by atoms with Gasteiger partial charge in [0.25, 0.3) is 0 Å². The first kappa shape index (κ1) is 19.2. The largest absolute Gasteiger partial charge is 0.332 e. The number of nitrogens with one attached hydrogen (secondary N) is 2. The lowest BCUT2D eigenvalue weighted by Crippen LogP contribution is -2.28. The molecule has 0 atom stereocenters. The molecule has 3 aromatic rings. The van der Waals surface area contributed by atoms with Crippen molar-refractivity contribution >= 4 is 11.7 Å². The SMILES string of the molecule is Cc1cc(C)cc(NC(=O)NCc2cc(-c3ccncc3)n(C3CCCC3)n2)c1. The van der Waals surface area contributed by atoms with Crippen molar-refractivity contribution in [2.45, 2.75) is 52.1 Å². The van der Waals surface area contributed by atoms with Crippen LogP contribution in [0.1, 0.15) is 48.5 Å². The van der Waals surface area contributed by atoms with Crippen LogP contribution in [-0.4, -0.2) is 20.8 Å². The first-order chi connectivity index (χ1) is 14.1. The molecule has 0 saturated heterocycles. The number of carbonyl (C=O) groups excluding carboxylic acids is 1. The highest BCUT2D eigenvalue weighted by Crippen LogP contribution is 2.33. The summed E-state index contributed by atoms with van der Waals surface area (Å²) < 4.78 is 2.14. The summed E-state index contributed by atoms with van der Waals surface area (Å²) in [6.07, 6.45) is 8.39. The molecule has 1 saturated carbocycles. The van der Waals surface area contributed by atoms with Crippen molar-refractivity contribution in [1.29, 1.82) is 0 Å². The molecule has 0 radical (unpaired) electrons. The molecule has 1 aliphatic rings. The minimum atomic E-state index is -0.226. The summed E-state index contributed by atoms with van der Waals surface area (Å²) in [4.78, 5) is 16.5. The van der Waals surface area contributed by atoms with Crippen molar-refractivity contribution < 1.29 is 4.79 Å². The van der Waals surface area contributed by atoms with Gasteiger partial charge in [0.15, 0.2) is 0 Å². The van der Waals surface area contributed by atoms with Crippen LogP contribution < -0.4 is 10.6 Å². The topological polar surface area (TPSA) is 71.8 Å².